The van der Waals surface area contributed by atoms with Gasteiger partial charge >= 0.3 is 6.09 Å². The Hall–Kier alpha value is -3.74. The summed E-state index contributed by atoms with van der Waals surface area (Å²) in [7, 11) is 3.10. The molecule has 0 aromatic heterocycles. The highest BCUT2D eigenvalue weighted by Gasteiger charge is 2.26. The Balaban J connectivity index is 2.36. The number of rotatable bonds is 11. The molecule has 164 valence electrons. The first-order valence-corrected chi connectivity index (χ1v) is 9.72. The molecule has 31 heavy (non-hydrogen) atoms. The Labute approximate surface area is 182 Å². The molecule has 1 atom stereocenters. The third kappa shape index (κ3) is 6.64. The summed E-state index contributed by atoms with van der Waals surface area (Å²) in [6.45, 7) is 8.17. The maximum atomic E-state index is 13.3. The Kier molecular flexibility index (Phi) is 8.69. The van der Waals surface area contributed by atoms with E-state index in [1.54, 1.807) is 31.3 Å². The number of hydrogen-bond acceptors (Lipinski definition) is 4. The van der Waals surface area contributed by atoms with Gasteiger partial charge in [-0.3, -0.25) is 4.79 Å². The van der Waals surface area contributed by atoms with E-state index in [1.165, 1.54) is 6.08 Å². The van der Waals surface area contributed by atoms with Crippen LogP contribution in [0.1, 0.15) is 17.5 Å². The molecule has 0 saturated carbocycles. The third-order valence-corrected chi connectivity index (χ3v) is 4.73. The number of benzene rings is 2. The second kappa shape index (κ2) is 11.4. The number of amides is 2. The van der Waals surface area contributed by atoms with Gasteiger partial charge in [0.15, 0.2) is 0 Å². The Morgan fingerprint density at radius 1 is 1.16 bits per heavy atom. The predicted octanol–water partition coefficient (Wildman–Crippen LogP) is 3.96. The van der Waals surface area contributed by atoms with E-state index in [0.717, 1.165) is 16.7 Å². The van der Waals surface area contributed by atoms with Crippen molar-refractivity contribution in [2.75, 3.05) is 20.8 Å². The van der Waals surface area contributed by atoms with Gasteiger partial charge in [0.05, 0.1) is 14.2 Å². The van der Waals surface area contributed by atoms with E-state index in [-0.39, 0.29) is 25.4 Å². The lowest BCUT2D eigenvalue weighted by Gasteiger charge is -2.28. The van der Waals surface area contributed by atoms with Crippen molar-refractivity contribution in [3.05, 3.63) is 78.9 Å². The van der Waals surface area contributed by atoms with Crippen LogP contribution >= 0.6 is 0 Å². The van der Waals surface area contributed by atoms with Crippen molar-refractivity contribution < 1.29 is 24.2 Å². The summed E-state index contributed by atoms with van der Waals surface area (Å²) in [6, 6.07) is 13.9. The van der Waals surface area contributed by atoms with Crippen LogP contribution in [0.2, 0.25) is 0 Å². The van der Waals surface area contributed by atoms with Crippen molar-refractivity contribution in [3.63, 3.8) is 0 Å². The van der Waals surface area contributed by atoms with Crippen LogP contribution in [0.5, 0.6) is 11.5 Å². The number of nitrogens with zero attached hydrogens (tertiary/aromatic N) is 1. The zero-order chi connectivity index (χ0) is 22.8. The van der Waals surface area contributed by atoms with Crippen LogP contribution < -0.4 is 14.8 Å². The van der Waals surface area contributed by atoms with Gasteiger partial charge < -0.3 is 24.8 Å². The van der Waals surface area contributed by atoms with Crippen molar-refractivity contribution in [1.82, 2.24) is 10.2 Å². The summed E-state index contributed by atoms with van der Waals surface area (Å²) in [6.07, 6.45) is 0.402. The fraction of sp³-hybridized carbons (Fsp3) is 0.250. The molecule has 0 radical (unpaired) electrons. The van der Waals surface area contributed by atoms with Gasteiger partial charge in [0.25, 0.3) is 0 Å². The van der Waals surface area contributed by atoms with Gasteiger partial charge in [-0.05, 0) is 29.7 Å². The Bertz CT molecular complexity index is 927. The first-order valence-electron chi connectivity index (χ1n) is 9.72. The van der Waals surface area contributed by atoms with Crippen LogP contribution in [0, 0.1) is 0 Å². The molecule has 2 N–H and O–H groups in total. The van der Waals surface area contributed by atoms with Crippen LogP contribution in [0.15, 0.2) is 67.8 Å². The second-order valence-corrected chi connectivity index (χ2v) is 6.87. The standard InChI is InChI=1S/C24H28N2O5/c1-5-9-21(25-24(28)29)23(27)26(15-17(2)18-10-7-6-8-11-18)16-19-12-13-20(30-3)14-22(19)31-4/h5-8,10-14,21,25H,1-2,9,15-16H2,3-4H3,(H,28,29)/t21-/m1/s1. The normalized spacial score (nSPS) is 11.2. The molecule has 0 saturated heterocycles. The SMILES string of the molecule is C=CC[C@@H](NC(=O)O)C(=O)N(CC(=C)c1ccccc1)Cc1ccc(OC)cc1OC. The molecule has 0 heterocycles. The maximum Gasteiger partial charge on any atom is 0.405 e. The van der Waals surface area contributed by atoms with Crippen LogP contribution in [-0.4, -0.2) is 48.8 Å². The Morgan fingerprint density at radius 3 is 2.45 bits per heavy atom. The van der Waals surface area contributed by atoms with E-state index in [2.05, 4.69) is 18.5 Å². The molecule has 0 bridgehead atoms. The van der Waals surface area contributed by atoms with Crippen molar-refractivity contribution in [3.8, 4) is 11.5 Å². The van der Waals surface area contributed by atoms with Gasteiger partial charge in [-0.15, -0.1) is 6.58 Å². The summed E-state index contributed by atoms with van der Waals surface area (Å²) in [5.74, 6) is 0.815. The molecule has 0 aliphatic heterocycles. The number of ether oxygens (including phenoxy) is 2. The van der Waals surface area contributed by atoms with Gasteiger partial charge in [0.1, 0.15) is 17.5 Å². The van der Waals surface area contributed by atoms with Gasteiger partial charge in [0.2, 0.25) is 5.91 Å². The summed E-state index contributed by atoms with van der Waals surface area (Å²) in [5.41, 5.74) is 2.38. The number of hydrogen-bond donors (Lipinski definition) is 2. The monoisotopic (exact) mass is 424 g/mol. The molecule has 7 nitrogen and oxygen atoms in total. The summed E-state index contributed by atoms with van der Waals surface area (Å²) in [5, 5.41) is 11.4. The number of methoxy groups -OCH3 is 2. The number of carbonyl (C=O) groups excluding carboxylic acids is 1. The van der Waals surface area contributed by atoms with E-state index < -0.39 is 12.1 Å². The van der Waals surface area contributed by atoms with Crippen LogP contribution in [-0.2, 0) is 11.3 Å². The number of carbonyl (C=O) groups is 2. The van der Waals surface area contributed by atoms with Crippen LogP contribution in [0.3, 0.4) is 0 Å². The zero-order valence-electron chi connectivity index (χ0n) is 17.8. The molecule has 0 fully saturated rings. The molecule has 7 heteroatoms. The van der Waals surface area contributed by atoms with Crippen molar-refractivity contribution in [1.29, 1.82) is 0 Å². The van der Waals surface area contributed by atoms with Gasteiger partial charge in [-0.1, -0.05) is 43.0 Å². The molecule has 0 spiro atoms. The topological polar surface area (TPSA) is 88.1 Å². The fourth-order valence-corrected chi connectivity index (χ4v) is 3.15. The molecule has 0 unspecified atom stereocenters. The highest BCUT2D eigenvalue weighted by molar-refractivity contribution is 5.87. The van der Waals surface area contributed by atoms with E-state index in [1.807, 2.05) is 36.4 Å². The molecular weight excluding hydrogens is 396 g/mol. The molecule has 2 rings (SSSR count). The second-order valence-electron chi connectivity index (χ2n) is 6.87. The van der Waals surface area contributed by atoms with E-state index in [0.29, 0.717) is 11.5 Å². The molecule has 2 amide bonds. The van der Waals surface area contributed by atoms with Crippen molar-refractivity contribution >= 4 is 17.6 Å². The minimum absolute atomic E-state index is 0.166. The summed E-state index contributed by atoms with van der Waals surface area (Å²) >= 11 is 0. The predicted molar refractivity (Wildman–Crippen MR) is 120 cm³/mol. The van der Waals surface area contributed by atoms with Crippen molar-refractivity contribution in [2.24, 2.45) is 0 Å². The minimum atomic E-state index is -1.27. The van der Waals surface area contributed by atoms with E-state index >= 15 is 0 Å². The number of nitrogens with one attached hydrogen (secondary N) is 1. The van der Waals surface area contributed by atoms with E-state index in [9.17, 15) is 9.59 Å². The molecule has 0 aliphatic rings. The van der Waals surface area contributed by atoms with Crippen LogP contribution in [0.25, 0.3) is 5.57 Å². The third-order valence-electron chi connectivity index (χ3n) is 4.73. The number of carboxylic acid groups (broad SMARTS) is 1. The highest BCUT2D eigenvalue weighted by atomic mass is 16.5. The molecular formula is C24H28N2O5. The van der Waals surface area contributed by atoms with Gasteiger partial charge in [0, 0.05) is 24.7 Å². The smallest absolute Gasteiger partial charge is 0.405 e. The lowest BCUT2D eigenvalue weighted by atomic mass is 10.1. The Morgan fingerprint density at radius 2 is 1.87 bits per heavy atom. The summed E-state index contributed by atoms with van der Waals surface area (Å²) < 4.78 is 10.7. The van der Waals surface area contributed by atoms with Crippen LogP contribution in [0.4, 0.5) is 4.79 Å². The lowest BCUT2D eigenvalue weighted by Crippen LogP contribution is -2.48. The minimum Gasteiger partial charge on any atom is -0.497 e. The highest BCUT2D eigenvalue weighted by Crippen LogP contribution is 2.27. The maximum absolute atomic E-state index is 13.3. The average Bonchev–Trinajstić information content (AvgIpc) is 2.78. The largest absolute Gasteiger partial charge is 0.497 e. The zero-order valence-corrected chi connectivity index (χ0v) is 17.8. The molecule has 2 aromatic carbocycles. The van der Waals surface area contributed by atoms with E-state index in [4.69, 9.17) is 14.6 Å². The average molecular weight is 424 g/mol. The quantitative estimate of drug-likeness (QED) is 0.533. The fourth-order valence-electron chi connectivity index (χ4n) is 3.15. The van der Waals surface area contributed by atoms with Gasteiger partial charge in [-0.25, -0.2) is 4.79 Å². The molecule has 0 aliphatic carbocycles. The molecule has 2 aromatic rings. The lowest BCUT2D eigenvalue weighted by molar-refractivity contribution is -0.133. The van der Waals surface area contributed by atoms with Gasteiger partial charge in [-0.2, -0.15) is 0 Å². The summed E-state index contributed by atoms with van der Waals surface area (Å²) in [4.78, 5) is 26.1. The first-order chi connectivity index (χ1) is 14.9. The first kappa shape index (κ1) is 23.5. The van der Waals surface area contributed by atoms with Crippen molar-refractivity contribution in [2.45, 2.75) is 19.0 Å².